The third kappa shape index (κ3) is 6.14. The second-order valence-electron chi connectivity index (χ2n) is 14.1. The Morgan fingerprint density at radius 2 is 1.75 bits per heavy atom. The van der Waals surface area contributed by atoms with Crippen LogP contribution in [0.5, 0.6) is 5.75 Å². The molecule has 3 amide bonds. The molecule has 3 fully saturated rings. The molecular weight excluding hydrogens is 642 g/mol. The Labute approximate surface area is 273 Å². The number of nitrogens with zero attached hydrogens (tertiary/aromatic N) is 1. The third-order valence-corrected chi connectivity index (χ3v) is 12.1. The van der Waals surface area contributed by atoms with E-state index >= 15 is 0 Å². The van der Waals surface area contributed by atoms with Gasteiger partial charge in [0.2, 0.25) is 17.7 Å². The Morgan fingerprint density at radius 3 is 2.34 bits per heavy atom. The summed E-state index contributed by atoms with van der Waals surface area (Å²) < 4.78 is 4.70. The number of hydrogen-bond donors (Lipinski definition) is 3. The van der Waals surface area contributed by atoms with Crippen molar-refractivity contribution < 1.29 is 24.2 Å². The summed E-state index contributed by atoms with van der Waals surface area (Å²) in [4.78, 5) is 44.7. The van der Waals surface area contributed by atoms with Gasteiger partial charge in [-0.3, -0.25) is 14.4 Å². The molecule has 3 saturated heterocycles. The molecule has 8 nitrogen and oxygen atoms in total. The van der Waals surface area contributed by atoms with Crippen molar-refractivity contribution in [3.05, 3.63) is 60.2 Å². The highest BCUT2D eigenvalue weighted by molar-refractivity contribution is 9.09. The highest BCUT2D eigenvalue weighted by Gasteiger charge is 2.76. The van der Waals surface area contributed by atoms with Crippen molar-refractivity contribution in [2.24, 2.45) is 17.3 Å². The summed E-state index contributed by atoms with van der Waals surface area (Å²) in [6, 6.07) is 14.9. The Kier molecular flexibility index (Phi) is 9.19. The Bertz CT molecular complexity index is 1380. The van der Waals surface area contributed by atoms with E-state index < -0.39 is 34.2 Å². The maximum atomic E-state index is 14.7. The Hall–Kier alpha value is -2.56. The average molecular weight is 687 g/mol. The molecule has 2 bridgehead atoms. The molecule has 2 aromatic carbocycles. The van der Waals surface area contributed by atoms with Crippen LogP contribution >= 0.6 is 27.7 Å². The van der Waals surface area contributed by atoms with E-state index in [1.54, 1.807) is 40.9 Å². The number of rotatable bonds is 10. The number of ether oxygens (including phenoxy) is 1. The van der Waals surface area contributed by atoms with Crippen molar-refractivity contribution in [2.45, 2.75) is 86.8 Å². The predicted molar refractivity (Wildman–Crippen MR) is 178 cm³/mol. The van der Waals surface area contributed by atoms with Gasteiger partial charge in [-0.1, -0.05) is 67.0 Å². The van der Waals surface area contributed by atoms with Crippen molar-refractivity contribution >= 4 is 51.1 Å². The number of amides is 3. The zero-order chi connectivity index (χ0) is 32.0. The maximum Gasteiger partial charge on any atom is 0.244 e. The number of benzene rings is 2. The minimum atomic E-state index is -0.866. The SMILES string of the molecule is CCOc1ccc(NC(=O)[C@H]2[C@@H]3SC4(CC3Br)C(C(=O)NC(C)(C)CC(C)(C)C)N([C@H](CO)c3ccccc3)C(=O)[C@H]24)cc1. The molecule has 0 aliphatic carbocycles. The fourth-order valence-corrected chi connectivity index (χ4v) is 11.4. The lowest BCUT2D eigenvalue weighted by atomic mass is 9.70. The number of alkyl halides is 1. The molecule has 44 heavy (non-hydrogen) atoms. The first kappa shape index (κ1) is 32.8. The van der Waals surface area contributed by atoms with Crippen molar-refractivity contribution in [1.29, 1.82) is 0 Å². The van der Waals surface area contributed by atoms with Crippen LogP contribution in [0.1, 0.15) is 66.0 Å². The van der Waals surface area contributed by atoms with Crippen molar-refractivity contribution in [2.75, 3.05) is 18.5 Å². The molecule has 1 spiro atoms. The van der Waals surface area contributed by atoms with Gasteiger partial charge in [0.25, 0.3) is 0 Å². The number of likely N-dealkylation sites (tertiary alicyclic amines) is 1. The van der Waals surface area contributed by atoms with Gasteiger partial charge in [0.1, 0.15) is 11.8 Å². The summed E-state index contributed by atoms with van der Waals surface area (Å²) in [6.45, 7) is 12.5. The molecule has 10 heteroatoms. The molecular formula is C34H44BrN3O5S. The second-order valence-corrected chi connectivity index (χ2v) is 16.8. The van der Waals surface area contributed by atoms with Gasteiger partial charge in [-0.2, -0.15) is 0 Å². The maximum absolute atomic E-state index is 14.7. The van der Waals surface area contributed by atoms with Gasteiger partial charge in [-0.25, -0.2) is 0 Å². The lowest BCUT2D eigenvalue weighted by Gasteiger charge is -2.40. The van der Waals surface area contributed by atoms with Crippen LogP contribution in [0.2, 0.25) is 0 Å². The summed E-state index contributed by atoms with van der Waals surface area (Å²) >= 11 is 5.42. The highest BCUT2D eigenvalue weighted by atomic mass is 79.9. The quantitative estimate of drug-likeness (QED) is 0.283. The number of carbonyl (C=O) groups is 3. The average Bonchev–Trinajstić information content (AvgIpc) is 3.53. The number of carbonyl (C=O) groups excluding carboxylic acids is 3. The number of hydrogen-bond acceptors (Lipinski definition) is 6. The van der Waals surface area contributed by atoms with E-state index in [4.69, 9.17) is 4.74 Å². The largest absolute Gasteiger partial charge is 0.494 e. The zero-order valence-corrected chi connectivity index (χ0v) is 28.7. The van der Waals surface area contributed by atoms with Gasteiger partial charge in [0.05, 0.1) is 35.8 Å². The van der Waals surface area contributed by atoms with Crippen molar-refractivity contribution in [3.8, 4) is 5.75 Å². The number of anilines is 1. The second kappa shape index (κ2) is 12.3. The van der Waals surface area contributed by atoms with Crippen molar-refractivity contribution in [1.82, 2.24) is 10.2 Å². The molecule has 238 valence electrons. The predicted octanol–water partition coefficient (Wildman–Crippen LogP) is 5.55. The summed E-state index contributed by atoms with van der Waals surface area (Å²) in [7, 11) is 0. The lowest BCUT2D eigenvalue weighted by Crippen LogP contribution is -2.59. The van der Waals surface area contributed by atoms with Crippen LogP contribution in [0.4, 0.5) is 5.69 Å². The van der Waals surface area contributed by atoms with E-state index in [2.05, 4.69) is 47.3 Å². The van der Waals surface area contributed by atoms with Gasteiger partial charge in [-0.05, 0) is 68.9 Å². The van der Waals surface area contributed by atoms with Crippen LogP contribution in [0.25, 0.3) is 0 Å². The fourth-order valence-electron chi connectivity index (χ4n) is 7.83. The summed E-state index contributed by atoms with van der Waals surface area (Å²) in [5.41, 5.74) is 0.785. The van der Waals surface area contributed by atoms with E-state index in [0.29, 0.717) is 24.5 Å². The van der Waals surface area contributed by atoms with Gasteiger partial charge >= 0.3 is 0 Å². The van der Waals surface area contributed by atoms with Crippen LogP contribution in [0.3, 0.4) is 0 Å². The number of aliphatic hydroxyl groups excluding tert-OH is 1. The zero-order valence-electron chi connectivity index (χ0n) is 26.3. The summed E-state index contributed by atoms with van der Waals surface area (Å²) in [5.74, 6) is -1.41. The number of nitrogens with one attached hydrogen (secondary N) is 2. The van der Waals surface area contributed by atoms with Gasteiger partial charge in [-0.15, -0.1) is 11.8 Å². The van der Waals surface area contributed by atoms with E-state index in [1.807, 2.05) is 51.1 Å². The van der Waals surface area contributed by atoms with Crippen LogP contribution in [0.15, 0.2) is 54.6 Å². The molecule has 2 aromatic rings. The number of fused-ring (bicyclic) bond motifs is 1. The van der Waals surface area contributed by atoms with E-state index in [9.17, 15) is 19.5 Å². The molecule has 3 heterocycles. The normalized spacial score (nSPS) is 28.5. The smallest absolute Gasteiger partial charge is 0.244 e. The molecule has 3 N–H and O–H groups in total. The minimum absolute atomic E-state index is 0.0357. The molecule has 0 aromatic heterocycles. The van der Waals surface area contributed by atoms with E-state index in [0.717, 1.165) is 12.0 Å². The monoisotopic (exact) mass is 685 g/mol. The fraction of sp³-hybridized carbons (Fsp3) is 0.559. The first-order chi connectivity index (χ1) is 20.7. The Morgan fingerprint density at radius 1 is 1.09 bits per heavy atom. The standard InChI is InChI=1S/C34H44BrN3O5S/c1-7-43-22-15-13-21(14-16-22)36-29(40)25-26-31(42)38(24(18-39)20-11-9-8-10-12-20)28(34(26)17-23(35)27(25)44-34)30(41)37-33(5,6)19-32(2,3)4/h8-16,23-28,39H,7,17-19H2,1-6H3,(H,36,40)(H,37,41)/t23?,24-,25-,26+,27-,28?,34?/m1/s1. The molecule has 0 saturated carbocycles. The molecule has 0 radical (unpaired) electrons. The van der Waals surface area contributed by atoms with Crippen LogP contribution in [0, 0.1) is 17.3 Å². The first-order valence-corrected chi connectivity index (χ1v) is 17.2. The van der Waals surface area contributed by atoms with Gasteiger partial charge < -0.3 is 25.4 Å². The summed E-state index contributed by atoms with van der Waals surface area (Å²) in [6.07, 6.45) is 1.29. The van der Waals surface area contributed by atoms with Crippen LogP contribution in [-0.4, -0.2) is 67.3 Å². The van der Waals surface area contributed by atoms with Crippen molar-refractivity contribution in [3.63, 3.8) is 0 Å². The van der Waals surface area contributed by atoms with Gasteiger partial charge in [0, 0.05) is 21.3 Å². The molecule has 7 atom stereocenters. The molecule has 3 aliphatic rings. The molecule has 5 rings (SSSR count). The number of halogens is 1. The van der Waals surface area contributed by atoms with E-state index in [-0.39, 0.29) is 39.8 Å². The molecule has 3 aliphatic heterocycles. The van der Waals surface area contributed by atoms with Crippen LogP contribution in [-0.2, 0) is 14.4 Å². The third-order valence-electron chi connectivity index (χ3n) is 8.84. The summed E-state index contributed by atoms with van der Waals surface area (Å²) in [5, 5.41) is 16.9. The lowest BCUT2D eigenvalue weighted by molar-refractivity contribution is -0.142. The van der Waals surface area contributed by atoms with Crippen LogP contribution < -0.4 is 15.4 Å². The topological polar surface area (TPSA) is 108 Å². The molecule has 3 unspecified atom stereocenters. The van der Waals surface area contributed by atoms with Gasteiger partial charge in [0.15, 0.2) is 0 Å². The van der Waals surface area contributed by atoms with E-state index in [1.165, 1.54) is 0 Å². The minimum Gasteiger partial charge on any atom is -0.494 e. The number of thioether (sulfide) groups is 1. The number of aliphatic hydroxyl groups is 1. The highest BCUT2D eigenvalue weighted by Crippen LogP contribution is 2.68. The Balaban J connectivity index is 1.53. The first-order valence-electron chi connectivity index (χ1n) is 15.4.